The standard InChI is InChI=1S/C21H19B3Br2O7/c1-6(27)18-13(17(30)9-4-10(25)19(11(26)5-9)31-7(2)28)12-14(22)15(23)21(32-8(3)29)16(24)20(12)33-18/h4-6,27H,22-24H2,1-3H3. The summed E-state index contributed by atoms with van der Waals surface area (Å²) in [4.78, 5) is 36.7. The van der Waals surface area contributed by atoms with Crippen LogP contribution in [0.15, 0.2) is 25.5 Å². The predicted molar refractivity (Wildman–Crippen MR) is 139 cm³/mol. The smallest absolute Gasteiger partial charge is 0.308 e. The molecule has 0 amide bonds. The van der Waals surface area contributed by atoms with Gasteiger partial charge in [-0.05, 0) is 56.4 Å². The summed E-state index contributed by atoms with van der Waals surface area (Å²) in [6.07, 6.45) is -1.07. The molecule has 33 heavy (non-hydrogen) atoms. The van der Waals surface area contributed by atoms with Crippen molar-refractivity contribution in [1.29, 1.82) is 0 Å². The minimum atomic E-state index is -1.07. The Balaban J connectivity index is 2.30. The van der Waals surface area contributed by atoms with Crippen molar-refractivity contribution < 1.29 is 33.4 Å². The Morgan fingerprint density at radius 2 is 1.45 bits per heavy atom. The maximum absolute atomic E-state index is 13.7. The van der Waals surface area contributed by atoms with Crippen LogP contribution in [0.2, 0.25) is 0 Å². The molecule has 7 nitrogen and oxygen atoms in total. The van der Waals surface area contributed by atoms with E-state index in [1.165, 1.54) is 32.9 Å². The number of rotatable bonds is 5. The summed E-state index contributed by atoms with van der Waals surface area (Å²) in [5, 5.41) is 11.0. The topological polar surface area (TPSA) is 103 Å². The molecule has 0 aliphatic rings. The Morgan fingerprint density at radius 1 is 0.939 bits per heavy atom. The number of fused-ring (bicyclic) bond motifs is 1. The van der Waals surface area contributed by atoms with Gasteiger partial charge in [0.1, 0.15) is 46.7 Å². The summed E-state index contributed by atoms with van der Waals surface area (Å²) in [7, 11) is 5.33. The molecule has 12 heteroatoms. The number of esters is 2. The molecule has 0 aliphatic carbocycles. The van der Waals surface area contributed by atoms with Crippen molar-refractivity contribution in [2.75, 3.05) is 0 Å². The highest BCUT2D eigenvalue weighted by atomic mass is 79.9. The highest BCUT2D eigenvalue weighted by molar-refractivity contribution is 9.11. The third-order valence-electron chi connectivity index (χ3n) is 5.25. The molecule has 2 aromatic carbocycles. The van der Waals surface area contributed by atoms with Gasteiger partial charge in [-0.25, -0.2) is 0 Å². The van der Waals surface area contributed by atoms with Crippen LogP contribution in [0, 0.1) is 0 Å². The van der Waals surface area contributed by atoms with E-state index in [9.17, 15) is 19.5 Å². The van der Waals surface area contributed by atoms with Gasteiger partial charge in [0.05, 0.1) is 14.5 Å². The van der Waals surface area contributed by atoms with E-state index in [4.69, 9.17) is 13.9 Å². The molecule has 0 saturated carbocycles. The fourth-order valence-corrected chi connectivity index (χ4v) is 5.05. The first-order chi connectivity index (χ1) is 15.3. The highest BCUT2D eigenvalue weighted by Crippen LogP contribution is 2.37. The first kappa shape index (κ1) is 25.3. The quantitative estimate of drug-likeness (QED) is 0.196. The van der Waals surface area contributed by atoms with Crippen molar-refractivity contribution in [2.45, 2.75) is 26.9 Å². The monoisotopic (exact) mass is 574 g/mol. The lowest BCUT2D eigenvalue weighted by Crippen LogP contribution is -2.35. The van der Waals surface area contributed by atoms with Crippen molar-refractivity contribution in [3.8, 4) is 11.5 Å². The number of hydrogen-bond donors (Lipinski definition) is 1. The van der Waals surface area contributed by atoms with Crippen LogP contribution < -0.4 is 25.9 Å². The van der Waals surface area contributed by atoms with Crippen LogP contribution in [0.4, 0.5) is 0 Å². The second-order valence-electron chi connectivity index (χ2n) is 7.71. The van der Waals surface area contributed by atoms with E-state index in [0.29, 0.717) is 42.1 Å². The first-order valence-corrected chi connectivity index (χ1v) is 11.6. The van der Waals surface area contributed by atoms with Crippen molar-refractivity contribution in [1.82, 2.24) is 0 Å². The molecule has 0 fully saturated rings. The molecule has 0 radical (unpaired) electrons. The maximum Gasteiger partial charge on any atom is 0.308 e. The molecule has 0 aliphatic heterocycles. The Hall–Kier alpha value is -2.30. The van der Waals surface area contributed by atoms with E-state index < -0.39 is 18.0 Å². The normalized spacial score (nSPS) is 11.9. The summed E-state index contributed by atoms with van der Waals surface area (Å²) < 4.78 is 17.4. The Morgan fingerprint density at radius 3 is 1.94 bits per heavy atom. The van der Waals surface area contributed by atoms with Crippen LogP contribution in [0.5, 0.6) is 11.5 Å². The molecule has 1 heterocycles. The molecule has 1 unspecified atom stereocenters. The van der Waals surface area contributed by atoms with E-state index in [1.807, 2.05) is 0 Å². The Labute approximate surface area is 209 Å². The zero-order valence-corrected chi connectivity index (χ0v) is 22.1. The zero-order valence-electron chi connectivity index (χ0n) is 18.9. The lowest BCUT2D eigenvalue weighted by atomic mass is 9.72. The lowest BCUT2D eigenvalue weighted by molar-refractivity contribution is -0.132. The summed E-state index contributed by atoms with van der Waals surface area (Å²) >= 11 is 6.69. The zero-order chi connectivity index (χ0) is 24.8. The van der Waals surface area contributed by atoms with Gasteiger partial charge in [0, 0.05) is 24.8 Å². The van der Waals surface area contributed by atoms with E-state index in [1.54, 1.807) is 23.5 Å². The number of ether oxygens (including phenoxy) is 2. The van der Waals surface area contributed by atoms with E-state index in [0.717, 1.165) is 0 Å². The number of aliphatic hydroxyl groups excluding tert-OH is 1. The second kappa shape index (κ2) is 9.52. The molecule has 1 N–H and O–H groups in total. The Bertz CT molecular complexity index is 1310. The fourth-order valence-electron chi connectivity index (χ4n) is 3.71. The Kier molecular flexibility index (Phi) is 7.31. The van der Waals surface area contributed by atoms with E-state index in [2.05, 4.69) is 31.9 Å². The van der Waals surface area contributed by atoms with Crippen molar-refractivity contribution in [3.05, 3.63) is 38.0 Å². The van der Waals surface area contributed by atoms with Gasteiger partial charge in [-0.15, -0.1) is 0 Å². The predicted octanol–water partition coefficient (Wildman–Crippen LogP) is -0.132. The molecule has 0 bridgehead atoms. The van der Waals surface area contributed by atoms with E-state index >= 15 is 0 Å². The number of furan rings is 1. The van der Waals surface area contributed by atoms with Gasteiger partial charge in [-0.3, -0.25) is 14.4 Å². The number of carbonyl (C=O) groups is 3. The number of halogens is 2. The first-order valence-electron chi connectivity index (χ1n) is 9.99. The van der Waals surface area contributed by atoms with Crippen molar-refractivity contribution in [3.63, 3.8) is 0 Å². The van der Waals surface area contributed by atoms with Gasteiger partial charge in [0.25, 0.3) is 0 Å². The summed E-state index contributed by atoms with van der Waals surface area (Å²) in [6.45, 7) is 4.10. The summed E-state index contributed by atoms with van der Waals surface area (Å²) in [6, 6.07) is 3.08. The van der Waals surface area contributed by atoms with Crippen LogP contribution in [0.25, 0.3) is 11.0 Å². The van der Waals surface area contributed by atoms with Crippen LogP contribution >= 0.6 is 31.9 Å². The largest absolute Gasteiger partial charge is 0.458 e. The molecule has 3 aromatic rings. The number of hydrogen-bond acceptors (Lipinski definition) is 7. The van der Waals surface area contributed by atoms with E-state index in [-0.39, 0.29) is 28.4 Å². The molecule has 0 saturated heterocycles. The van der Waals surface area contributed by atoms with Gasteiger partial charge < -0.3 is 19.0 Å². The molecule has 3 rings (SSSR count). The van der Waals surface area contributed by atoms with Gasteiger partial charge in [-0.2, -0.15) is 0 Å². The summed E-state index contributed by atoms with van der Waals surface area (Å²) in [5.74, 6) is -0.632. The number of benzene rings is 2. The molecular weight excluding hydrogens is 556 g/mol. The second-order valence-corrected chi connectivity index (χ2v) is 9.42. The molecule has 0 spiro atoms. The number of ketones is 1. The van der Waals surface area contributed by atoms with Gasteiger partial charge in [0.15, 0.2) is 11.5 Å². The van der Waals surface area contributed by atoms with Crippen molar-refractivity contribution >= 4 is 100 Å². The average Bonchev–Trinajstić information content (AvgIpc) is 3.12. The lowest BCUT2D eigenvalue weighted by Gasteiger charge is -2.14. The van der Waals surface area contributed by atoms with Gasteiger partial charge in [0.2, 0.25) is 0 Å². The third-order valence-corrected chi connectivity index (χ3v) is 6.43. The van der Waals surface area contributed by atoms with Crippen LogP contribution in [-0.4, -0.2) is 46.4 Å². The molecule has 168 valence electrons. The summed E-state index contributed by atoms with van der Waals surface area (Å²) in [5.41, 5.74) is 2.81. The molecule has 1 aromatic heterocycles. The van der Waals surface area contributed by atoms with Crippen LogP contribution in [0.1, 0.15) is 48.6 Å². The van der Waals surface area contributed by atoms with Gasteiger partial charge >= 0.3 is 11.9 Å². The molecular formula is C21H19B3Br2O7. The van der Waals surface area contributed by atoms with Crippen molar-refractivity contribution in [2.24, 2.45) is 0 Å². The fraction of sp³-hybridized carbons (Fsp3) is 0.190. The highest BCUT2D eigenvalue weighted by Gasteiger charge is 2.30. The average molecular weight is 576 g/mol. The van der Waals surface area contributed by atoms with Gasteiger partial charge in [-0.1, -0.05) is 10.9 Å². The minimum Gasteiger partial charge on any atom is -0.458 e. The van der Waals surface area contributed by atoms with Crippen LogP contribution in [0.3, 0.4) is 0 Å². The molecule has 1 atom stereocenters. The third kappa shape index (κ3) is 4.69. The number of aliphatic hydroxyl groups is 1. The number of carbonyl (C=O) groups excluding carboxylic acids is 3. The SMILES string of the molecule is Bc1c(OC(C)=O)c(B)c2oc(C(C)O)c(C(=O)c3cc(Br)c(OC(C)=O)c(Br)c3)c2c1B. The van der Waals surface area contributed by atoms with Crippen LogP contribution in [-0.2, 0) is 9.59 Å². The minimum absolute atomic E-state index is 0.108. The maximum atomic E-state index is 13.7.